The van der Waals surface area contributed by atoms with Gasteiger partial charge in [-0.2, -0.15) is 0 Å². The Labute approximate surface area is 87.8 Å². The van der Waals surface area contributed by atoms with Crippen molar-refractivity contribution in [2.45, 2.75) is 0 Å². The van der Waals surface area contributed by atoms with Crippen molar-refractivity contribution >= 4 is 23.0 Å². The quantitative estimate of drug-likeness (QED) is 0.664. The number of benzene rings is 1. The third-order valence-electron chi connectivity index (χ3n) is 2.24. The molecule has 1 aromatic carbocycles. The van der Waals surface area contributed by atoms with E-state index < -0.39 is 0 Å². The summed E-state index contributed by atoms with van der Waals surface area (Å²) in [6, 6.07) is 3.53. The van der Waals surface area contributed by atoms with Gasteiger partial charge in [-0.05, 0) is 6.07 Å². The molecule has 0 saturated heterocycles. The summed E-state index contributed by atoms with van der Waals surface area (Å²) in [5.41, 5.74) is 8.01. The number of carbonyl (C=O) groups is 1. The maximum absolute atomic E-state index is 11.1. The fourth-order valence-electron chi connectivity index (χ4n) is 1.52. The number of nitrogens with zero attached hydrogens (tertiary/aromatic N) is 1. The van der Waals surface area contributed by atoms with Crippen LogP contribution in [0.5, 0.6) is 5.75 Å². The zero-order valence-electron chi connectivity index (χ0n) is 8.70. The van der Waals surface area contributed by atoms with E-state index in [1.165, 1.54) is 0 Å². The molecule has 0 unspecified atom stereocenters. The average Bonchev–Trinajstić information content (AvgIpc) is 2.17. The number of rotatable bonds is 1. The summed E-state index contributed by atoms with van der Waals surface area (Å²) < 4.78 is 5.24. The molecule has 1 aliphatic rings. The van der Waals surface area contributed by atoms with E-state index in [0.717, 1.165) is 5.69 Å². The standard InChI is InChI=1S/C10H13N3O2/c1-13(2)8-4-7-9(3-6(8)11)15-5-10(14)12-7/h3-4H,5,11H2,1-2H3,(H,12,14). The second-order valence-electron chi connectivity index (χ2n) is 3.64. The van der Waals surface area contributed by atoms with Gasteiger partial charge in [0.15, 0.2) is 6.61 Å². The van der Waals surface area contributed by atoms with Crippen LogP contribution in [0.15, 0.2) is 12.1 Å². The fraction of sp³-hybridized carbons (Fsp3) is 0.300. The summed E-state index contributed by atoms with van der Waals surface area (Å²) in [6.45, 7) is 0.0494. The van der Waals surface area contributed by atoms with E-state index in [1.54, 1.807) is 6.07 Å². The van der Waals surface area contributed by atoms with E-state index >= 15 is 0 Å². The number of nitrogens with two attached hydrogens (primary N) is 1. The van der Waals surface area contributed by atoms with Crippen molar-refractivity contribution < 1.29 is 9.53 Å². The first kappa shape index (κ1) is 9.64. The molecule has 5 heteroatoms. The fourth-order valence-corrected chi connectivity index (χ4v) is 1.52. The van der Waals surface area contributed by atoms with Crippen LogP contribution in [-0.2, 0) is 4.79 Å². The van der Waals surface area contributed by atoms with Crippen molar-refractivity contribution in [3.63, 3.8) is 0 Å². The molecular formula is C10H13N3O2. The highest BCUT2D eigenvalue weighted by Crippen LogP contribution is 2.36. The lowest BCUT2D eigenvalue weighted by Crippen LogP contribution is -2.26. The maximum Gasteiger partial charge on any atom is 0.262 e. The Morgan fingerprint density at radius 3 is 2.87 bits per heavy atom. The number of carbonyl (C=O) groups excluding carboxylic acids is 1. The van der Waals surface area contributed by atoms with Crippen LogP contribution in [0.25, 0.3) is 0 Å². The first-order chi connectivity index (χ1) is 7.08. The number of nitrogen functional groups attached to an aromatic ring is 1. The van der Waals surface area contributed by atoms with Gasteiger partial charge >= 0.3 is 0 Å². The molecule has 3 N–H and O–H groups in total. The van der Waals surface area contributed by atoms with Gasteiger partial charge in [-0.15, -0.1) is 0 Å². The van der Waals surface area contributed by atoms with Crippen LogP contribution in [0.4, 0.5) is 17.1 Å². The molecule has 0 radical (unpaired) electrons. The highest BCUT2D eigenvalue weighted by molar-refractivity contribution is 5.97. The van der Waals surface area contributed by atoms with Gasteiger partial charge in [0.25, 0.3) is 5.91 Å². The van der Waals surface area contributed by atoms with Crippen LogP contribution in [0, 0.1) is 0 Å². The summed E-state index contributed by atoms with van der Waals surface area (Å²) in [5, 5.41) is 2.74. The second kappa shape index (κ2) is 3.34. The molecule has 15 heavy (non-hydrogen) atoms. The number of nitrogens with one attached hydrogen (secondary N) is 1. The SMILES string of the molecule is CN(C)c1cc2c(cc1N)OCC(=O)N2. The predicted octanol–water partition coefficient (Wildman–Crippen LogP) is 0.666. The molecule has 0 atom stereocenters. The van der Waals surface area contributed by atoms with Gasteiger partial charge in [-0.1, -0.05) is 0 Å². The molecule has 80 valence electrons. The summed E-state index contributed by atoms with van der Waals surface area (Å²) in [6.07, 6.45) is 0. The Bertz CT molecular complexity index is 415. The zero-order valence-corrected chi connectivity index (χ0v) is 8.70. The number of hydrogen-bond donors (Lipinski definition) is 2. The van der Waals surface area contributed by atoms with Gasteiger partial charge in [-0.25, -0.2) is 0 Å². The molecule has 0 spiro atoms. The second-order valence-corrected chi connectivity index (χ2v) is 3.64. The van der Waals surface area contributed by atoms with Gasteiger partial charge in [0.1, 0.15) is 5.75 Å². The topological polar surface area (TPSA) is 67.6 Å². The molecule has 2 rings (SSSR count). The maximum atomic E-state index is 11.1. The summed E-state index contributed by atoms with van der Waals surface area (Å²) in [4.78, 5) is 13.0. The Balaban J connectivity index is 2.47. The molecule has 1 amide bonds. The molecule has 0 aromatic heterocycles. The van der Waals surface area contributed by atoms with Crippen molar-refractivity contribution in [2.24, 2.45) is 0 Å². The van der Waals surface area contributed by atoms with E-state index in [9.17, 15) is 4.79 Å². The van der Waals surface area contributed by atoms with Gasteiger partial charge in [-0.3, -0.25) is 4.79 Å². The number of anilines is 3. The van der Waals surface area contributed by atoms with E-state index in [4.69, 9.17) is 10.5 Å². The molecular weight excluding hydrogens is 194 g/mol. The minimum Gasteiger partial charge on any atom is -0.482 e. The zero-order chi connectivity index (χ0) is 11.0. The van der Waals surface area contributed by atoms with Gasteiger partial charge in [0, 0.05) is 20.2 Å². The Kier molecular flexibility index (Phi) is 2.15. The van der Waals surface area contributed by atoms with Crippen molar-refractivity contribution in [3.8, 4) is 5.75 Å². The van der Waals surface area contributed by atoms with Crippen molar-refractivity contribution in [3.05, 3.63) is 12.1 Å². The lowest BCUT2D eigenvalue weighted by molar-refractivity contribution is -0.118. The molecule has 1 heterocycles. The smallest absolute Gasteiger partial charge is 0.262 e. The minimum absolute atomic E-state index is 0.0494. The average molecular weight is 207 g/mol. The normalized spacial score (nSPS) is 13.9. The van der Waals surface area contributed by atoms with E-state index in [-0.39, 0.29) is 12.5 Å². The Morgan fingerprint density at radius 2 is 2.20 bits per heavy atom. The Morgan fingerprint density at radius 1 is 1.47 bits per heavy atom. The highest BCUT2D eigenvalue weighted by Gasteiger charge is 2.18. The minimum atomic E-state index is -0.142. The van der Waals surface area contributed by atoms with Crippen molar-refractivity contribution in [1.82, 2.24) is 0 Å². The first-order valence-corrected chi connectivity index (χ1v) is 4.61. The molecule has 1 aromatic rings. The van der Waals surface area contributed by atoms with Gasteiger partial charge in [0.05, 0.1) is 17.1 Å². The first-order valence-electron chi connectivity index (χ1n) is 4.61. The number of ether oxygens (including phenoxy) is 1. The molecule has 0 bridgehead atoms. The predicted molar refractivity (Wildman–Crippen MR) is 59.3 cm³/mol. The lowest BCUT2D eigenvalue weighted by atomic mass is 10.2. The third-order valence-corrected chi connectivity index (χ3v) is 2.24. The number of amides is 1. The Hall–Kier alpha value is -1.91. The van der Waals surface area contributed by atoms with Crippen LogP contribution in [0.2, 0.25) is 0 Å². The molecule has 0 fully saturated rings. The van der Waals surface area contributed by atoms with Gasteiger partial charge in [0.2, 0.25) is 0 Å². The van der Waals surface area contributed by atoms with Crippen LogP contribution < -0.4 is 20.7 Å². The summed E-state index contributed by atoms with van der Waals surface area (Å²) in [7, 11) is 3.78. The van der Waals surface area contributed by atoms with E-state index in [0.29, 0.717) is 17.1 Å². The van der Waals surface area contributed by atoms with Crippen LogP contribution in [0.1, 0.15) is 0 Å². The molecule has 5 nitrogen and oxygen atoms in total. The molecule has 0 saturated carbocycles. The number of fused-ring (bicyclic) bond motifs is 1. The van der Waals surface area contributed by atoms with Crippen LogP contribution >= 0.6 is 0 Å². The van der Waals surface area contributed by atoms with Crippen LogP contribution in [-0.4, -0.2) is 26.6 Å². The summed E-state index contributed by atoms with van der Waals surface area (Å²) >= 11 is 0. The monoisotopic (exact) mass is 207 g/mol. The van der Waals surface area contributed by atoms with E-state index in [2.05, 4.69) is 5.32 Å². The molecule has 1 aliphatic heterocycles. The van der Waals surface area contributed by atoms with Crippen molar-refractivity contribution in [2.75, 3.05) is 36.7 Å². The van der Waals surface area contributed by atoms with Crippen molar-refractivity contribution in [1.29, 1.82) is 0 Å². The highest BCUT2D eigenvalue weighted by atomic mass is 16.5. The summed E-state index contributed by atoms with van der Waals surface area (Å²) in [5.74, 6) is 0.481. The third kappa shape index (κ3) is 1.68. The lowest BCUT2D eigenvalue weighted by Gasteiger charge is -2.22. The largest absolute Gasteiger partial charge is 0.482 e. The van der Waals surface area contributed by atoms with Crippen LogP contribution in [0.3, 0.4) is 0 Å². The number of hydrogen-bond acceptors (Lipinski definition) is 4. The van der Waals surface area contributed by atoms with Gasteiger partial charge < -0.3 is 20.7 Å². The van der Waals surface area contributed by atoms with E-state index in [1.807, 2.05) is 25.1 Å². The molecule has 0 aliphatic carbocycles.